The number of unbranched alkanes of at least 4 members (excludes halogenated alkanes) is 2. The number of aryl methyl sites for hydroxylation is 1. The SMILES string of the molecule is CC(C)Cc1ccc(CCCC=O)cc1.CCC(CCCCNC)NC. The predicted octanol–water partition coefficient (Wildman–Crippen LogP) is 4.78. The first kappa shape index (κ1) is 24.8. The van der Waals surface area contributed by atoms with E-state index in [-0.39, 0.29) is 0 Å². The highest BCUT2D eigenvalue weighted by Crippen LogP contribution is 2.11. The Balaban J connectivity index is 0.000000508. The van der Waals surface area contributed by atoms with Gasteiger partial charge in [-0.2, -0.15) is 0 Å². The summed E-state index contributed by atoms with van der Waals surface area (Å²) in [5.41, 5.74) is 2.74. The molecule has 0 amide bonds. The molecule has 1 rings (SSSR count). The number of nitrogens with one attached hydrogen (secondary N) is 2. The fourth-order valence-corrected chi connectivity index (χ4v) is 2.95. The number of benzene rings is 1. The lowest BCUT2D eigenvalue weighted by Crippen LogP contribution is -2.24. The molecule has 2 N–H and O–H groups in total. The van der Waals surface area contributed by atoms with Crippen LogP contribution in [-0.2, 0) is 17.6 Å². The van der Waals surface area contributed by atoms with Gasteiger partial charge >= 0.3 is 0 Å². The molecule has 3 heteroatoms. The third-order valence-corrected chi connectivity index (χ3v) is 4.58. The molecular formula is C23H42N2O. The van der Waals surface area contributed by atoms with Crippen molar-refractivity contribution < 1.29 is 4.79 Å². The Bertz CT molecular complexity index is 424. The van der Waals surface area contributed by atoms with Gasteiger partial charge in [0.2, 0.25) is 0 Å². The summed E-state index contributed by atoms with van der Waals surface area (Å²) in [5, 5.41) is 6.47. The molecule has 0 saturated heterocycles. The molecule has 1 aromatic carbocycles. The van der Waals surface area contributed by atoms with Crippen molar-refractivity contribution in [2.75, 3.05) is 20.6 Å². The van der Waals surface area contributed by atoms with E-state index in [0.29, 0.717) is 12.3 Å². The Morgan fingerprint density at radius 2 is 1.65 bits per heavy atom. The lowest BCUT2D eigenvalue weighted by molar-refractivity contribution is -0.107. The fourth-order valence-electron chi connectivity index (χ4n) is 2.95. The molecule has 0 aliphatic rings. The van der Waals surface area contributed by atoms with Crippen molar-refractivity contribution >= 4 is 6.29 Å². The van der Waals surface area contributed by atoms with Gasteiger partial charge in [-0.3, -0.25) is 0 Å². The maximum Gasteiger partial charge on any atom is 0.120 e. The summed E-state index contributed by atoms with van der Waals surface area (Å²) < 4.78 is 0. The molecule has 0 radical (unpaired) electrons. The van der Waals surface area contributed by atoms with Crippen LogP contribution in [0.5, 0.6) is 0 Å². The fraction of sp³-hybridized carbons (Fsp3) is 0.696. The van der Waals surface area contributed by atoms with Crippen LogP contribution in [0.1, 0.15) is 70.4 Å². The van der Waals surface area contributed by atoms with Crippen LogP contribution in [-0.4, -0.2) is 33.0 Å². The zero-order chi connectivity index (χ0) is 19.6. The van der Waals surface area contributed by atoms with Crippen LogP contribution >= 0.6 is 0 Å². The van der Waals surface area contributed by atoms with Crippen LogP contribution in [0.2, 0.25) is 0 Å². The Hall–Kier alpha value is -1.19. The van der Waals surface area contributed by atoms with Crippen molar-refractivity contribution in [3.05, 3.63) is 35.4 Å². The second-order valence-electron chi connectivity index (χ2n) is 7.47. The molecule has 0 aliphatic carbocycles. The maximum atomic E-state index is 10.2. The summed E-state index contributed by atoms with van der Waals surface area (Å²) in [6.07, 6.45) is 9.99. The lowest BCUT2D eigenvalue weighted by atomic mass is 10.0. The van der Waals surface area contributed by atoms with E-state index in [1.165, 1.54) is 36.8 Å². The zero-order valence-electron chi connectivity index (χ0n) is 17.8. The van der Waals surface area contributed by atoms with Gasteiger partial charge in [-0.05, 0) is 76.2 Å². The summed E-state index contributed by atoms with van der Waals surface area (Å²) in [6.45, 7) is 7.86. The average Bonchev–Trinajstić information content (AvgIpc) is 2.64. The minimum atomic E-state index is 0.674. The molecule has 0 bridgehead atoms. The van der Waals surface area contributed by atoms with Crippen LogP contribution in [0.25, 0.3) is 0 Å². The second-order valence-corrected chi connectivity index (χ2v) is 7.47. The number of carbonyl (C=O) groups is 1. The van der Waals surface area contributed by atoms with Crippen LogP contribution < -0.4 is 10.6 Å². The van der Waals surface area contributed by atoms with Gasteiger partial charge in [0.1, 0.15) is 6.29 Å². The number of hydrogen-bond donors (Lipinski definition) is 2. The maximum absolute atomic E-state index is 10.2. The summed E-state index contributed by atoms with van der Waals surface area (Å²) in [7, 11) is 4.06. The quantitative estimate of drug-likeness (QED) is 0.392. The highest BCUT2D eigenvalue weighted by Gasteiger charge is 2.00. The Labute approximate surface area is 162 Å². The molecule has 0 fully saturated rings. The van der Waals surface area contributed by atoms with Gasteiger partial charge in [-0.15, -0.1) is 0 Å². The van der Waals surface area contributed by atoms with Gasteiger partial charge in [-0.25, -0.2) is 0 Å². The van der Waals surface area contributed by atoms with Crippen molar-refractivity contribution in [3.63, 3.8) is 0 Å². The average molecular weight is 363 g/mol. The van der Waals surface area contributed by atoms with Crippen molar-refractivity contribution in [1.29, 1.82) is 0 Å². The van der Waals surface area contributed by atoms with Crippen LogP contribution in [0.3, 0.4) is 0 Å². The van der Waals surface area contributed by atoms with Crippen molar-refractivity contribution in [3.8, 4) is 0 Å². The number of aldehydes is 1. The highest BCUT2D eigenvalue weighted by molar-refractivity contribution is 5.49. The summed E-state index contributed by atoms with van der Waals surface area (Å²) in [6, 6.07) is 9.50. The summed E-state index contributed by atoms with van der Waals surface area (Å²) >= 11 is 0. The summed E-state index contributed by atoms with van der Waals surface area (Å²) in [4.78, 5) is 10.2. The minimum Gasteiger partial charge on any atom is -0.320 e. The number of rotatable bonds is 13. The van der Waals surface area contributed by atoms with Crippen molar-refractivity contribution in [1.82, 2.24) is 10.6 Å². The monoisotopic (exact) mass is 362 g/mol. The summed E-state index contributed by atoms with van der Waals surface area (Å²) in [5.74, 6) is 0.714. The molecule has 1 unspecified atom stereocenters. The largest absolute Gasteiger partial charge is 0.320 e. The first-order valence-corrected chi connectivity index (χ1v) is 10.4. The molecule has 0 aromatic heterocycles. The minimum absolute atomic E-state index is 0.674. The molecule has 0 heterocycles. The molecule has 0 aliphatic heterocycles. The van der Waals surface area contributed by atoms with Gasteiger partial charge in [0.05, 0.1) is 0 Å². The van der Waals surface area contributed by atoms with E-state index >= 15 is 0 Å². The van der Waals surface area contributed by atoms with Gasteiger partial charge < -0.3 is 15.4 Å². The van der Waals surface area contributed by atoms with Gasteiger partial charge in [-0.1, -0.05) is 51.5 Å². The van der Waals surface area contributed by atoms with Gasteiger partial charge in [0.25, 0.3) is 0 Å². The molecule has 1 aromatic rings. The smallest absolute Gasteiger partial charge is 0.120 e. The first-order chi connectivity index (χ1) is 12.6. The normalized spacial score (nSPS) is 11.8. The molecule has 3 nitrogen and oxygen atoms in total. The lowest BCUT2D eigenvalue weighted by Gasteiger charge is -2.12. The van der Waals surface area contributed by atoms with Crippen LogP contribution in [0, 0.1) is 5.92 Å². The molecule has 0 spiro atoms. The Morgan fingerprint density at radius 1 is 1.00 bits per heavy atom. The molecule has 0 saturated carbocycles. The van der Waals surface area contributed by atoms with Crippen LogP contribution in [0.4, 0.5) is 0 Å². The van der Waals surface area contributed by atoms with Crippen molar-refractivity contribution in [2.45, 2.75) is 78.2 Å². The molecule has 1 atom stereocenters. The number of carbonyl (C=O) groups excluding carboxylic acids is 1. The van der Waals surface area contributed by atoms with E-state index < -0.39 is 0 Å². The zero-order valence-corrected chi connectivity index (χ0v) is 17.8. The van der Waals surface area contributed by atoms with E-state index in [0.717, 1.165) is 38.1 Å². The van der Waals surface area contributed by atoms with Gasteiger partial charge in [0, 0.05) is 12.5 Å². The van der Waals surface area contributed by atoms with E-state index in [1.807, 2.05) is 14.1 Å². The predicted molar refractivity (Wildman–Crippen MR) is 115 cm³/mol. The van der Waals surface area contributed by atoms with Gasteiger partial charge in [0.15, 0.2) is 0 Å². The van der Waals surface area contributed by atoms with Crippen LogP contribution in [0.15, 0.2) is 24.3 Å². The molecule has 150 valence electrons. The third kappa shape index (κ3) is 14.0. The second kappa shape index (κ2) is 17.2. The van der Waals surface area contributed by atoms with E-state index in [9.17, 15) is 4.79 Å². The topological polar surface area (TPSA) is 41.1 Å². The molecular weight excluding hydrogens is 320 g/mol. The van der Waals surface area contributed by atoms with Crippen molar-refractivity contribution in [2.24, 2.45) is 5.92 Å². The molecule has 26 heavy (non-hydrogen) atoms. The third-order valence-electron chi connectivity index (χ3n) is 4.58. The van der Waals surface area contributed by atoms with E-state index in [4.69, 9.17) is 0 Å². The Kier molecular flexibility index (Phi) is 16.4. The van der Waals surface area contributed by atoms with E-state index in [2.05, 4.69) is 55.7 Å². The Morgan fingerprint density at radius 3 is 2.15 bits per heavy atom. The first-order valence-electron chi connectivity index (χ1n) is 10.4. The number of hydrogen-bond acceptors (Lipinski definition) is 3. The highest BCUT2D eigenvalue weighted by atomic mass is 16.1. The standard InChI is InChI=1S/C14H20O.C9H22N2/c1-12(2)11-14-8-6-13(7-9-14)5-3-4-10-15;1-4-9(11-3)7-5-6-8-10-2/h6-10,12H,3-5,11H2,1-2H3;9-11H,4-8H2,1-3H3. The van der Waals surface area contributed by atoms with E-state index in [1.54, 1.807) is 0 Å².